The summed E-state index contributed by atoms with van der Waals surface area (Å²) in [4.78, 5) is 0. The predicted molar refractivity (Wildman–Crippen MR) is 45.5 cm³/mol. The third kappa shape index (κ3) is 3.14. The standard InChI is InChI=1S/C9H18O3.Ac/c1-5-6(2)8(4-10)12-9(11)7(5)3;/h5-11H,4H2,1-3H3;/t5?,6-,7?,8?,9?;/m1./s1. The van der Waals surface area contributed by atoms with Gasteiger partial charge in [0.05, 0.1) is 12.7 Å². The number of aliphatic hydroxyl groups excluding tert-OH is 2. The van der Waals surface area contributed by atoms with Crippen molar-refractivity contribution in [1.82, 2.24) is 0 Å². The molecule has 1 rings (SSSR count). The number of rotatable bonds is 1. The molecule has 0 amide bonds. The van der Waals surface area contributed by atoms with Crippen molar-refractivity contribution in [3.05, 3.63) is 0 Å². The number of aliphatic hydroxyl groups is 2. The van der Waals surface area contributed by atoms with E-state index in [1.54, 1.807) is 0 Å². The molecule has 75 valence electrons. The molecular weight excluding hydrogens is 383 g/mol. The second-order valence-corrected chi connectivity index (χ2v) is 3.83. The Balaban J connectivity index is 0.00000144. The van der Waals surface area contributed by atoms with E-state index in [0.29, 0.717) is 11.8 Å². The van der Waals surface area contributed by atoms with Crippen molar-refractivity contribution in [3.8, 4) is 0 Å². The SMILES string of the molecule is CC1C(O)OC(CO)[C@H](C)C1C.[Ac]. The van der Waals surface area contributed by atoms with Crippen molar-refractivity contribution < 1.29 is 59.0 Å². The summed E-state index contributed by atoms with van der Waals surface area (Å²) >= 11 is 0. The number of hydrogen-bond acceptors (Lipinski definition) is 3. The minimum atomic E-state index is -0.714. The van der Waals surface area contributed by atoms with Crippen LogP contribution >= 0.6 is 0 Å². The minimum Gasteiger partial charge on any atom is -0.394 e. The molecule has 0 bridgehead atoms. The van der Waals surface area contributed by atoms with Crippen molar-refractivity contribution in [2.75, 3.05) is 6.61 Å². The van der Waals surface area contributed by atoms with E-state index in [1.807, 2.05) is 13.8 Å². The molecule has 1 saturated heterocycles. The van der Waals surface area contributed by atoms with E-state index in [4.69, 9.17) is 9.84 Å². The van der Waals surface area contributed by atoms with Crippen molar-refractivity contribution in [1.29, 1.82) is 0 Å². The zero-order valence-electron chi connectivity index (χ0n) is 8.47. The van der Waals surface area contributed by atoms with Gasteiger partial charge in [0.2, 0.25) is 0 Å². The smallest absolute Gasteiger partial charge is 0.157 e. The number of ether oxygens (including phenoxy) is 1. The van der Waals surface area contributed by atoms with Crippen molar-refractivity contribution >= 4 is 0 Å². The molecule has 1 heterocycles. The number of hydrogen-bond donors (Lipinski definition) is 2. The Kier molecular flexibility index (Phi) is 6.64. The maximum atomic E-state index is 9.43. The first kappa shape index (κ1) is 14.3. The van der Waals surface area contributed by atoms with Crippen LogP contribution < -0.4 is 0 Å². The van der Waals surface area contributed by atoms with Gasteiger partial charge in [-0.1, -0.05) is 20.8 Å². The van der Waals surface area contributed by atoms with Gasteiger partial charge in [0, 0.05) is 50.0 Å². The first-order valence-electron chi connectivity index (χ1n) is 4.52. The van der Waals surface area contributed by atoms with Crippen molar-refractivity contribution in [2.45, 2.75) is 33.2 Å². The van der Waals surface area contributed by atoms with Crippen LogP contribution in [0.2, 0.25) is 0 Å². The molecular formula is C9H18AcO3. The topological polar surface area (TPSA) is 49.7 Å². The van der Waals surface area contributed by atoms with Gasteiger partial charge >= 0.3 is 0 Å². The molecule has 4 heteroatoms. The van der Waals surface area contributed by atoms with Crippen molar-refractivity contribution in [3.63, 3.8) is 0 Å². The van der Waals surface area contributed by atoms with Crippen LogP contribution in [0, 0.1) is 61.8 Å². The summed E-state index contributed by atoms with van der Waals surface area (Å²) in [5, 5.41) is 18.4. The molecule has 0 aromatic carbocycles. The summed E-state index contributed by atoms with van der Waals surface area (Å²) in [5.41, 5.74) is 0. The van der Waals surface area contributed by atoms with Gasteiger partial charge in [-0.15, -0.1) is 0 Å². The van der Waals surface area contributed by atoms with E-state index in [-0.39, 0.29) is 62.7 Å². The largest absolute Gasteiger partial charge is 0.394 e. The van der Waals surface area contributed by atoms with Gasteiger partial charge in [0.25, 0.3) is 0 Å². The van der Waals surface area contributed by atoms with Gasteiger partial charge in [-0.2, -0.15) is 0 Å². The van der Waals surface area contributed by atoms with Crippen LogP contribution in [0.25, 0.3) is 0 Å². The second kappa shape index (κ2) is 6.03. The van der Waals surface area contributed by atoms with E-state index < -0.39 is 6.29 Å². The average Bonchev–Trinajstić information content (AvgIpc) is 2.08. The molecule has 1 fully saturated rings. The van der Waals surface area contributed by atoms with E-state index in [0.717, 1.165) is 0 Å². The second-order valence-electron chi connectivity index (χ2n) is 3.83. The average molecular weight is 401 g/mol. The van der Waals surface area contributed by atoms with Gasteiger partial charge in [-0.25, -0.2) is 0 Å². The van der Waals surface area contributed by atoms with Crippen LogP contribution in [0.15, 0.2) is 0 Å². The Bertz CT molecular complexity index is 149. The summed E-state index contributed by atoms with van der Waals surface area (Å²) < 4.78 is 5.24. The fourth-order valence-electron chi connectivity index (χ4n) is 1.71. The first-order valence-corrected chi connectivity index (χ1v) is 4.52. The predicted octanol–water partition coefficient (Wildman–Crippen LogP) is 0.604. The first-order chi connectivity index (χ1) is 5.57. The van der Waals surface area contributed by atoms with E-state index in [1.165, 1.54) is 0 Å². The summed E-state index contributed by atoms with van der Waals surface area (Å²) in [6.07, 6.45) is -0.917. The van der Waals surface area contributed by atoms with Gasteiger partial charge in [-0.05, 0) is 11.8 Å². The monoisotopic (exact) mass is 401 g/mol. The molecule has 0 aliphatic carbocycles. The minimum absolute atomic E-state index is 0. The van der Waals surface area contributed by atoms with Gasteiger partial charge < -0.3 is 14.9 Å². The van der Waals surface area contributed by atoms with Crippen LogP contribution in [0.3, 0.4) is 0 Å². The summed E-state index contributed by atoms with van der Waals surface area (Å²) in [6.45, 7) is 6.10. The Morgan fingerprint density at radius 1 is 1.08 bits per heavy atom. The Morgan fingerprint density at radius 2 is 1.62 bits per heavy atom. The van der Waals surface area contributed by atoms with Gasteiger partial charge in [-0.3, -0.25) is 0 Å². The van der Waals surface area contributed by atoms with Gasteiger partial charge in [0.1, 0.15) is 0 Å². The van der Waals surface area contributed by atoms with Crippen molar-refractivity contribution in [2.24, 2.45) is 17.8 Å². The molecule has 0 aromatic heterocycles. The van der Waals surface area contributed by atoms with Crippen LogP contribution in [-0.2, 0) is 4.74 Å². The molecule has 1 aliphatic rings. The summed E-state index contributed by atoms with van der Waals surface area (Å²) in [7, 11) is 0. The van der Waals surface area contributed by atoms with Crippen LogP contribution in [0.5, 0.6) is 0 Å². The molecule has 5 atom stereocenters. The third-order valence-corrected chi connectivity index (χ3v) is 3.19. The van der Waals surface area contributed by atoms with E-state index in [2.05, 4.69) is 6.92 Å². The van der Waals surface area contributed by atoms with Crippen LogP contribution in [-0.4, -0.2) is 29.2 Å². The Labute approximate surface area is 115 Å². The molecule has 1 radical (unpaired) electrons. The van der Waals surface area contributed by atoms with E-state index in [9.17, 15) is 5.11 Å². The summed E-state index contributed by atoms with van der Waals surface area (Å²) in [6, 6.07) is 0. The van der Waals surface area contributed by atoms with Gasteiger partial charge in [0.15, 0.2) is 6.29 Å². The Morgan fingerprint density at radius 3 is 2.08 bits per heavy atom. The molecule has 1 aliphatic heterocycles. The molecule has 2 N–H and O–H groups in total. The van der Waals surface area contributed by atoms with E-state index >= 15 is 0 Å². The van der Waals surface area contributed by atoms with Crippen LogP contribution in [0.4, 0.5) is 0 Å². The third-order valence-electron chi connectivity index (χ3n) is 3.19. The fraction of sp³-hybridized carbons (Fsp3) is 1.00. The molecule has 0 aromatic rings. The summed E-state index contributed by atoms with van der Waals surface area (Å²) in [5.74, 6) is 0.863. The molecule has 3 nitrogen and oxygen atoms in total. The zero-order valence-corrected chi connectivity index (χ0v) is 13.2. The molecule has 13 heavy (non-hydrogen) atoms. The quantitative estimate of drug-likeness (QED) is 0.677. The zero-order chi connectivity index (χ0) is 9.30. The van der Waals surface area contributed by atoms with Crippen LogP contribution in [0.1, 0.15) is 20.8 Å². The Hall–Kier alpha value is 1.32. The normalized spacial score (nSPS) is 45.5. The fourth-order valence-corrected chi connectivity index (χ4v) is 1.71. The molecule has 0 spiro atoms. The molecule has 0 saturated carbocycles. The maximum Gasteiger partial charge on any atom is 0.157 e. The maximum absolute atomic E-state index is 9.43. The molecule has 4 unspecified atom stereocenters.